The molecule has 4 aliphatic carbocycles. The Labute approximate surface area is 649 Å². The average Bonchev–Trinajstić information content (AvgIpc) is 1.54. The Balaban J connectivity index is 0.000000156. The molecule has 8 aliphatic rings. The third-order valence-electron chi connectivity index (χ3n) is 21.1. The Bertz CT molecular complexity index is 4320. The number of fused-ring (bicyclic) bond motifs is 2. The van der Waals surface area contributed by atoms with Crippen LogP contribution < -0.4 is 22.6 Å². The molecule has 0 saturated heterocycles. The van der Waals surface area contributed by atoms with Gasteiger partial charge in [-0.3, -0.25) is 9.98 Å². The first-order chi connectivity index (χ1) is 46.4. The summed E-state index contributed by atoms with van der Waals surface area (Å²) in [7, 11) is -2.39. The summed E-state index contributed by atoms with van der Waals surface area (Å²) in [5.41, 5.74) is 30.3. The second kappa shape index (κ2) is 30.6. The van der Waals surface area contributed by atoms with Gasteiger partial charge in [-0.15, -0.1) is 11.5 Å². The van der Waals surface area contributed by atoms with Crippen molar-refractivity contribution in [3.05, 3.63) is 256 Å². The molecule has 530 valence electrons. The van der Waals surface area contributed by atoms with Crippen LogP contribution in [-0.2, 0) is 81.9 Å². The molecule has 0 radical (unpaired) electrons. The van der Waals surface area contributed by atoms with E-state index in [0.717, 1.165) is 24.0 Å². The Morgan fingerprint density at radius 1 is 0.426 bits per heavy atom. The fourth-order valence-electron chi connectivity index (χ4n) is 14.9. The van der Waals surface area contributed by atoms with Crippen LogP contribution in [-0.4, -0.2) is 27.6 Å². The molecule has 0 aromatic heterocycles. The van der Waals surface area contributed by atoms with E-state index in [2.05, 4.69) is 322 Å². The minimum absolute atomic E-state index is 0. The zero-order valence-electron chi connectivity index (χ0n) is 66.1. The smallest absolute Gasteiger partial charge is 1.00 e. The van der Waals surface area contributed by atoms with Crippen LogP contribution in [0.2, 0.25) is 26.2 Å². The quantitative estimate of drug-likeness (QED) is 0.156. The van der Waals surface area contributed by atoms with Crippen LogP contribution in [0.5, 0.6) is 11.5 Å². The molecule has 0 N–H and O–H groups in total. The van der Waals surface area contributed by atoms with Crippen LogP contribution in [0, 0.1) is 0 Å². The van der Waals surface area contributed by atoms with Gasteiger partial charge in [0.25, 0.3) is 0 Å². The zero-order chi connectivity index (χ0) is 73.9. The van der Waals surface area contributed by atoms with Crippen molar-refractivity contribution in [2.24, 2.45) is 9.98 Å². The van der Waals surface area contributed by atoms with Gasteiger partial charge >= 0.3 is 300 Å². The van der Waals surface area contributed by atoms with Crippen molar-refractivity contribution in [3.63, 3.8) is 0 Å². The molecule has 6 aromatic carbocycles. The van der Waals surface area contributed by atoms with E-state index < -0.39 is 16.1 Å². The van der Waals surface area contributed by atoms with Crippen molar-refractivity contribution in [2.75, 3.05) is 0 Å². The van der Waals surface area contributed by atoms with Crippen molar-refractivity contribution in [2.45, 2.75) is 244 Å². The molecule has 0 bridgehead atoms. The summed E-state index contributed by atoms with van der Waals surface area (Å²) in [6.07, 6.45) is 18.5. The second-order valence-electron chi connectivity index (χ2n) is 35.8. The molecular weight excluding hydrogens is 1440 g/mol. The van der Waals surface area contributed by atoms with Crippen molar-refractivity contribution in [3.8, 4) is 33.8 Å². The van der Waals surface area contributed by atoms with Crippen LogP contribution >= 0.6 is 0 Å². The second-order valence-corrected chi connectivity index (χ2v) is 47.2. The molecule has 2 unspecified atom stereocenters. The summed E-state index contributed by atoms with van der Waals surface area (Å²) < 4.78 is 1.30. The van der Waals surface area contributed by atoms with Crippen molar-refractivity contribution in [1.29, 1.82) is 0 Å². The standard InChI is InChI=1S/C22H25.C20H21.2C14H22O.2C11H13NSi.ClH.2Zr/c1-5-7-16-14-18-8-6-9-20(21(18)15-16)17-10-12-19(13-11-17)22(2,3)4;1-14-12-16-6-5-7-18(19(16)13-14)15-8-10-17(11-9-15)20(2,3)4;2*1-13(2,3)10-7-8-12(15)11(9-10)14(4,5)6;2*1-4-7-11-10-8(12-7)5-6-9(10)13(11,2)3;;;/h6,8-15H,5,7H2,1-4H3;5-13H,1-4H3;2*7-9,15H,1-6H3;2*5-6H,4H2,1-3H3;1H;;/p-3. The summed E-state index contributed by atoms with van der Waals surface area (Å²) in [6.45, 7) is 57.8. The summed E-state index contributed by atoms with van der Waals surface area (Å²) in [4.78, 5) is 9.35. The number of hydrogen-bond donors (Lipinski definition) is 0. The molecule has 2 atom stereocenters. The van der Waals surface area contributed by atoms with E-state index in [1.54, 1.807) is 87.9 Å². The number of benzene rings is 6. The van der Waals surface area contributed by atoms with Crippen LogP contribution in [0.4, 0.5) is 0 Å². The first-order valence-electron chi connectivity index (χ1n) is 36.8. The number of aliphatic imine (C=N–C) groups is 2. The van der Waals surface area contributed by atoms with E-state index in [0.29, 0.717) is 7.25 Å². The molecule has 0 spiro atoms. The largest absolute Gasteiger partial charge is 1.00 e. The molecule has 9 heteroatoms. The molecule has 101 heavy (non-hydrogen) atoms. The van der Waals surface area contributed by atoms with E-state index in [1.807, 2.05) is 12.1 Å². The van der Waals surface area contributed by atoms with Crippen LogP contribution in [0.25, 0.3) is 34.4 Å². The number of halogens is 1. The van der Waals surface area contributed by atoms with Gasteiger partial charge in [0.05, 0.1) is 11.4 Å². The predicted molar refractivity (Wildman–Crippen MR) is 427 cm³/mol. The van der Waals surface area contributed by atoms with E-state index in [1.165, 1.54) is 119 Å². The van der Waals surface area contributed by atoms with Crippen molar-refractivity contribution < 1.29 is 72.1 Å². The molecule has 4 heterocycles. The maximum absolute atomic E-state index is 11.7. The zero-order valence-corrected chi connectivity index (χ0v) is 73.8. The van der Waals surface area contributed by atoms with Crippen LogP contribution in [0.15, 0.2) is 210 Å². The molecule has 0 amide bonds. The Morgan fingerprint density at radius 2 is 0.772 bits per heavy atom. The maximum atomic E-state index is 11.7. The molecule has 0 fully saturated rings. The van der Waals surface area contributed by atoms with Crippen molar-refractivity contribution in [1.82, 2.24) is 0 Å². The molecule has 4 nitrogen and oxygen atoms in total. The molecular formula is C92H114ClN2O2Si2Zr2-3. The first kappa shape index (κ1) is 81.3. The molecule has 14 rings (SSSR count). The van der Waals surface area contributed by atoms with Crippen molar-refractivity contribution >= 4 is 39.7 Å². The van der Waals surface area contributed by atoms with Gasteiger partial charge in [0.1, 0.15) is 16.1 Å². The summed E-state index contributed by atoms with van der Waals surface area (Å²) in [5, 5.41) is 30.0. The van der Waals surface area contributed by atoms with Gasteiger partial charge in [-0.05, 0) is 78.6 Å². The van der Waals surface area contributed by atoms with E-state index in [4.69, 9.17) is 0 Å². The minimum Gasteiger partial charge on any atom is -1.00 e. The number of rotatable bonds is 6. The molecule has 4 aliphatic heterocycles. The summed E-state index contributed by atoms with van der Waals surface area (Å²) >= 11 is 3.19. The van der Waals surface area contributed by atoms with E-state index in [9.17, 15) is 10.2 Å². The fraction of sp³-hybridized carbons (Fsp3) is 0.413. The fourth-order valence-corrected chi connectivity index (χ4v) is 23.5. The maximum Gasteiger partial charge on any atom is -1.00 e. The average molecular weight is 1550 g/mol. The van der Waals surface area contributed by atoms with E-state index in [-0.39, 0.29) is 56.4 Å². The van der Waals surface area contributed by atoms with Gasteiger partial charge in [0, 0.05) is 22.6 Å². The topological polar surface area (TPSA) is 70.8 Å². The summed E-state index contributed by atoms with van der Waals surface area (Å²) in [5.74, 6) is 0.297. The monoisotopic (exact) mass is 1550 g/mol. The number of nitrogens with zero attached hydrogens (tertiary/aromatic N) is 2. The van der Waals surface area contributed by atoms with Gasteiger partial charge in [0.2, 0.25) is 0 Å². The van der Waals surface area contributed by atoms with Gasteiger partial charge in [0.15, 0.2) is 0 Å². The Kier molecular flexibility index (Phi) is 24.7. The Hall–Kier alpha value is -5.33. The van der Waals surface area contributed by atoms with Gasteiger partial charge in [-0.1, -0.05) is 183 Å². The van der Waals surface area contributed by atoms with Crippen LogP contribution in [0.1, 0.15) is 241 Å². The third-order valence-corrected chi connectivity index (χ3v) is 31.8. The van der Waals surface area contributed by atoms with Gasteiger partial charge < -0.3 is 22.6 Å². The minimum atomic E-state index is -1.19. The molecule has 0 saturated carbocycles. The van der Waals surface area contributed by atoms with E-state index >= 15 is 0 Å². The summed E-state index contributed by atoms with van der Waals surface area (Å²) in [6, 6.07) is 43.2. The SMILES string of the molecule is CC(C)(C)c1ccc([O-])c(C(C)(C)C)c1.CC(C)(C)c1ccc([O-])c(C(C)(C)C)c1.CC1=Cc2c(-c3ccc(C(C)(C)C)cc3)cccc2[CH]1[Zr].CCC1=NC2=CC=C3C2=C1[Si]3(C)C.CCC1=NC2=CC=C3C2=C1[Si]3(C)C.CCCC1=Cc2c(-c3ccc(C(C)(C)C)cc3)cccc2[CH]1[Zr].[Cl-]. The predicted octanol–water partition coefficient (Wildman–Crippen LogP) is 21.4. The first-order valence-corrected chi connectivity index (χ1v) is 45.6. The number of allylic oxidation sites excluding steroid dienone is 10. The molecule has 6 aromatic rings. The van der Waals surface area contributed by atoms with Gasteiger partial charge in [-0.25, -0.2) is 0 Å². The Morgan fingerprint density at radius 3 is 1.11 bits per heavy atom. The normalized spacial score (nSPS) is 18.2. The van der Waals surface area contributed by atoms with Gasteiger partial charge in [-0.2, -0.15) is 0 Å². The number of hydrogen-bond acceptors (Lipinski definition) is 4. The third kappa shape index (κ3) is 17.2. The van der Waals surface area contributed by atoms with Crippen LogP contribution in [0.3, 0.4) is 0 Å².